The average Bonchev–Trinajstić information content (AvgIpc) is 3.31. The minimum atomic E-state index is -1.20. The molecule has 0 amide bonds. The number of aliphatic hydroxyl groups excluding tert-OH is 1. The number of Topliss-reactive ketones (excluding diaryl/α,β-unsaturated/α-hetero) is 1. The number of rotatable bonds is 7. The maximum atomic E-state index is 13.6. The summed E-state index contributed by atoms with van der Waals surface area (Å²) in [7, 11) is 0. The molecule has 2 aromatic carbocycles. The highest BCUT2D eigenvalue weighted by Crippen LogP contribution is 2.57. The molecule has 0 radical (unpaired) electrons. The summed E-state index contributed by atoms with van der Waals surface area (Å²) in [5.41, 5.74) is 5.21. The molecule has 4 rings (SSSR count). The molecule has 1 unspecified atom stereocenters. The third-order valence-electron chi connectivity index (χ3n) is 6.36. The Morgan fingerprint density at radius 1 is 1.06 bits per heavy atom. The molecule has 5 heteroatoms. The number of carboxylic acid groups (broad SMARTS) is 1. The van der Waals surface area contributed by atoms with Gasteiger partial charge >= 0.3 is 5.97 Å². The molecule has 1 fully saturated rings. The number of carboxylic acids is 1. The molecule has 31 heavy (non-hydrogen) atoms. The van der Waals surface area contributed by atoms with Gasteiger partial charge in [0, 0.05) is 11.8 Å². The average molecular weight is 420 g/mol. The number of ketones is 1. The van der Waals surface area contributed by atoms with Crippen molar-refractivity contribution in [1.29, 1.82) is 0 Å². The zero-order valence-electron chi connectivity index (χ0n) is 17.2. The topological polar surface area (TPSA) is 74.6 Å². The molecule has 1 saturated carbocycles. The first-order valence-corrected chi connectivity index (χ1v) is 10.6. The summed E-state index contributed by atoms with van der Waals surface area (Å²) >= 11 is 0. The van der Waals surface area contributed by atoms with Crippen molar-refractivity contribution in [1.82, 2.24) is 0 Å². The third-order valence-corrected chi connectivity index (χ3v) is 6.36. The maximum absolute atomic E-state index is 13.6. The predicted molar refractivity (Wildman–Crippen MR) is 116 cm³/mol. The van der Waals surface area contributed by atoms with Crippen LogP contribution in [0.2, 0.25) is 0 Å². The van der Waals surface area contributed by atoms with Crippen molar-refractivity contribution in [2.75, 3.05) is 0 Å². The van der Waals surface area contributed by atoms with Gasteiger partial charge in [0.25, 0.3) is 0 Å². The van der Waals surface area contributed by atoms with Crippen molar-refractivity contribution in [2.24, 2.45) is 0 Å². The quantitative estimate of drug-likeness (QED) is 0.631. The standard InChI is InChI=1S/C26H25FO4/c27-18-9-7-17(8-10-18)25-21-5-1-2-6-22(21)26(13-3-4-14-26)23(25)12-11-19(28)15-20(29)16-24(30)31/h1-2,5-12,19,28H,3-4,13-16H2,(H,30,31)/b12-11+. The SMILES string of the molecule is O=C(O)CC(=O)CC(O)/C=C/C1=C(c2ccc(F)cc2)c2ccccc2C12CCCC2. The van der Waals surface area contributed by atoms with Crippen molar-refractivity contribution in [3.8, 4) is 0 Å². The smallest absolute Gasteiger partial charge is 0.310 e. The lowest BCUT2D eigenvalue weighted by Gasteiger charge is -2.28. The van der Waals surface area contributed by atoms with Crippen LogP contribution in [0.3, 0.4) is 0 Å². The Balaban J connectivity index is 1.77. The molecule has 1 spiro atoms. The van der Waals surface area contributed by atoms with Crippen LogP contribution < -0.4 is 0 Å². The number of benzene rings is 2. The van der Waals surface area contributed by atoms with Gasteiger partial charge in [0.15, 0.2) is 0 Å². The molecule has 4 nitrogen and oxygen atoms in total. The summed E-state index contributed by atoms with van der Waals surface area (Å²) in [6.45, 7) is 0. The molecule has 160 valence electrons. The Morgan fingerprint density at radius 2 is 1.74 bits per heavy atom. The summed E-state index contributed by atoms with van der Waals surface area (Å²) in [6, 6.07) is 14.7. The molecule has 0 aliphatic heterocycles. The van der Waals surface area contributed by atoms with Crippen LogP contribution in [-0.4, -0.2) is 28.1 Å². The van der Waals surface area contributed by atoms with Gasteiger partial charge in [-0.3, -0.25) is 9.59 Å². The molecular weight excluding hydrogens is 395 g/mol. The molecule has 1 atom stereocenters. The summed E-state index contributed by atoms with van der Waals surface area (Å²) < 4.78 is 13.6. The van der Waals surface area contributed by atoms with Gasteiger partial charge < -0.3 is 10.2 Å². The molecule has 2 aliphatic rings. The zero-order chi connectivity index (χ0) is 22.0. The van der Waals surface area contributed by atoms with Crippen molar-refractivity contribution in [3.63, 3.8) is 0 Å². The predicted octanol–water partition coefficient (Wildman–Crippen LogP) is 4.80. The van der Waals surface area contributed by atoms with Crippen molar-refractivity contribution < 1.29 is 24.2 Å². The molecule has 2 aromatic rings. The van der Waals surface area contributed by atoms with Gasteiger partial charge in [-0.25, -0.2) is 4.39 Å². The van der Waals surface area contributed by atoms with Gasteiger partial charge in [0.05, 0.1) is 6.10 Å². The summed E-state index contributed by atoms with van der Waals surface area (Å²) in [6.07, 6.45) is 5.77. The Hall–Kier alpha value is -3.05. The number of hydrogen-bond acceptors (Lipinski definition) is 3. The fourth-order valence-corrected chi connectivity index (χ4v) is 5.08. The van der Waals surface area contributed by atoms with E-state index in [4.69, 9.17) is 5.11 Å². The van der Waals surface area contributed by atoms with Gasteiger partial charge in [0.2, 0.25) is 0 Å². The second-order valence-corrected chi connectivity index (χ2v) is 8.37. The number of carbonyl (C=O) groups excluding carboxylic acids is 1. The lowest BCUT2D eigenvalue weighted by Crippen LogP contribution is -2.22. The van der Waals surface area contributed by atoms with E-state index in [-0.39, 0.29) is 17.7 Å². The van der Waals surface area contributed by atoms with Crippen LogP contribution in [0.1, 0.15) is 55.2 Å². The normalized spacial score (nSPS) is 18.0. The fourth-order valence-electron chi connectivity index (χ4n) is 5.08. The summed E-state index contributed by atoms with van der Waals surface area (Å²) in [4.78, 5) is 22.5. The number of fused-ring (bicyclic) bond motifs is 2. The van der Waals surface area contributed by atoms with Crippen molar-refractivity contribution >= 4 is 17.3 Å². The Labute approximate surface area is 180 Å². The number of halogens is 1. The van der Waals surface area contributed by atoms with Crippen LogP contribution in [0, 0.1) is 5.82 Å². The first-order chi connectivity index (χ1) is 14.9. The number of aliphatic hydroxyl groups is 1. The Bertz CT molecular complexity index is 1060. The van der Waals surface area contributed by atoms with Crippen LogP contribution in [0.4, 0.5) is 4.39 Å². The number of allylic oxidation sites excluding steroid dienone is 2. The zero-order valence-corrected chi connectivity index (χ0v) is 17.2. The van der Waals surface area contributed by atoms with E-state index in [0.717, 1.165) is 48.0 Å². The van der Waals surface area contributed by atoms with Crippen LogP contribution in [0.15, 0.2) is 66.3 Å². The van der Waals surface area contributed by atoms with Crippen LogP contribution >= 0.6 is 0 Å². The van der Waals surface area contributed by atoms with E-state index < -0.39 is 24.3 Å². The molecule has 0 saturated heterocycles. The summed E-state index contributed by atoms with van der Waals surface area (Å²) in [5, 5.41) is 19.1. The van der Waals surface area contributed by atoms with Gasteiger partial charge in [-0.2, -0.15) is 0 Å². The monoisotopic (exact) mass is 420 g/mol. The Morgan fingerprint density at radius 3 is 2.42 bits per heavy atom. The maximum Gasteiger partial charge on any atom is 0.310 e. The van der Waals surface area contributed by atoms with Crippen LogP contribution in [0.5, 0.6) is 0 Å². The van der Waals surface area contributed by atoms with Crippen molar-refractivity contribution in [3.05, 3.63) is 88.8 Å². The van der Waals surface area contributed by atoms with Gasteiger partial charge in [0.1, 0.15) is 18.0 Å². The fraction of sp³-hybridized carbons (Fsp3) is 0.308. The first kappa shape index (κ1) is 21.2. The second kappa shape index (κ2) is 8.60. The van der Waals surface area contributed by atoms with E-state index >= 15 is 0 Å². The van der Waals surface area contributed by atoms with E-state index in [2.05, 4.69) is 12.1 Å². The molecular formula is C26H25FO4. The molecule has 0 aromatic heterocycles. The van der Waals surface area contributed by atoms with E-state index in [9.17, 15) is 19.1 Å². The van der Waals surface area contributed by atoms with E-state index in [1.54, 1.807) is 18.2 Å². The largest absolute Gasteiger partial charge is 0.481 e. The minimum absolute atomic E-state index is 0.165. The van der Waals surface area contributed by atoms with Gasteiger partial charge in [-0.15, -0.1) is 0 Å². The second-order valence-electron chi connectivity index (χ2n) is 8.37. The van der Waals surface area contributed by atoms with E-state index in [1.165, 1.54) is 17.7 Å². The van der Waals surface area contributed by atoms with Gasteiger partial charge in [-0.05, 0) is 52.8 Å². The highest BCUT2D eigenvalue weighted by molar-refractivity contribution is 5.95. The van der Waals surface area contributed by atoms with E-state index in [0.29, 0.717) is 0 Å². The highest BCUT2D eigenvalue weighted by atomic mass is 19.1. The minimum Gasteiger partial charge on any atom is -0.481 e. The van der Waals surface area contributed by atoms with Crippen LogP contribution in [0.25, 0.3) is 5.57 Å². The van der Waals surface area contributed by atoms with Gasteiger partial charge in [-0.1, -0.05) is 61.4 Å². The highest BCUT2D eigenvalue weighted by Gasteiger charge is 2.45. The first-order valence-electron chi connectivity index (χ1n) is 10.6. The van der Waals surface area contributed by atoms with E-state index in [1.807, 2.05) is 18.2 Å². The van der Waals surface area contributed by atoms with Crippen LogP contribution in [-0.2, 0) is 15.0 Å². The molecule has 2 N–H and O–H groups in total. The number of carbonyl (C=O) groups is 2. The lowest BCUT2D eigenvalue weighted by atomic mass is 9.75. The molecule has 0 bridgehead atoms. The van der Waals surface area contributed by atoms with Crippen molar-refractivity contribution in [2.45, 2.75) is 50.0 Å². The third kappa shape index (κ3) is 4.10. The number of aliphatic carboxylic acids is 1. The summed E-state index contributed by atoms with van der Waals surface area (Å²) in [5.74, 6) is -2.00. The lowest BCUT2D eigenvalue weighted by molar-refractivity contribution is -0.140. The Kier molecular flexibility index (Phi) is 5.88. The molecule has 2 aliphatic carbocycles. The molecule has 0 heterocycles. The number of hydrogen-bond donors (Lipinski definition) is 2.